The molecule has 4 aromatic heterocycles. The molecule has 4 aromatic rings. The van der Waals surface area contributed by atoms with E-state index in [1.54, 1.807) is 24.6 Å². The fourth-order valence-electron chi connectivity index (χ4n) is 4.92. The molecule has 9 nitrogen and oxygen atoms in total. The van der Waals surface area contributed by atoms with Crippen LogP contribution < -0.4 is 10.6 Å². The number of anilines is 2. The summed E-state index contributed by atoms with van der Waals surface area (Å²) in [6.07, 6.45) is 3.32. The number of aromatic nitrogens is 6. The highest BCUT2D eigenvalue weighted by molar-refractivity contribution is 5.89. The highest BCUT2D eigenvalue weighted by Crippen LogP contribution is 2.33. The molecule has 0 atom stereocenters. The lowest BCUT2D eigenvalue weighted by Crippen LogP contribution is -2.38. The highest BCUT2D eigenvalue weighted by atomic mass is 19.3. The lowest BCUT2D eigenvalue weighted by atomic mass is 9.80. The molecule has 0 amide bonds. The van der Waals surface area contributed by atoms with Gasteiger partial charge in [-0.25, -0.2) is 23.3 Å². The van der Waals surface area contributed by atoms with Crippen molar-refractivity contribution >= 4 is 28.4 Å². The monoisotopic (exact) mass is 484 g/mol. The normalized spacial score (nSPS) is 20.7. The Bertz CT molecular complexity index is 1360. The third-order valence-electron chi connectivity index (χ3n) is 7.04. The van der Waals surface area contributed by atoms with Gasteiger partial charge in [0.05, 0.1) is 17.8 Å². The molecule has 0 aromatic carbocycles. The molecule has 0 aliphatic heterocycles. The number of aliphatic hydroxyl groups is 1. The molecule has 5 rings (SSSR count). The van der Waals surface area contributed by atoms with Gasteiger partial charge in [-0.1, -0.05) is 6.92 Å². The molecule has 1 saturated carbocycles. The van der Waals surface area contributed by atoms with Crippen molar-refractivity contribution in [3.05, 3.63) is 30.2 Å². The summed E-state index contributed by atoms with van der Waals surface area (Å²) in [6, 6.07) is 5.72. The molecule has 186 valence electrons. The number of nitrogens with zero attached hydrogens (tertiary/aromatic N) is 6. The van der Waals surface area contributed by atoms with E-state index in [0.717, 1.165) is 43.2 Å². The SMILES string of the molecule is CCC1(O)CCC(Nc2nc(NC)c3c(-c4ccc5nc(C)n(CC(F)F)c5n4)ccn3n2)CC1. The van der Waals surface area contributed by atoms with Crippen molar-refractivity contribution in [1.82, 2.24) is 29.1 Å². The van der Waals surface area contributed by atoms with Crippen molar-refractivity contribution in [2.24, 2.45) is 0 Å². The van der Waals surface area contributed by atoms with E-state index >= 15 is 0 Å². The molecular formula is C24H30F2N8O. The minimum absolute atomic E-state index is 0.196. The maximum atomic E-state index is 13.1. The summed E-state index contributed by atoms with van der Waals surface area (Å²) < 4.78 is 29.4. The molecule has 11 heteroatoms. The maximum Gasteiger partial charge on any atom is 0.256 e. The first-order chi connectivity index (χ1) is 16.8. The van der Waals surface area contributed by atoms with Crippen molar-refractivity contribution in [2.75, 3.05) is 17.7 Å². The van der Waals surface area contributed by atoms with E-state index in [2.05, 4.69) is 25.7 Å². The van der Waals surface area contributed by atoms with Gasteiger partial charge in [0.15, 0.2) is 11.5 Å². The van der Waals surface area contributed by atoms with E-state index in [4.69, 9.17) is 4.98 Å². The van der Waals surface area contributed by atoms with Crippen molar-refractivity contribution in [3.8, 4) is 11.3 Å². The Morgan fingerprint density at radius 1 is 1.17 bits per heavy atom. The van der Waals surface area contributed by atoms with Gasteiger partial charge in [0.1, 0.15) is 16.9 Å². The van der Waals surface area contributed by atoms with E-state index < -0.39 is 18.6 Å². The molecule has 1 aliphatic rings. The Hall–Kier alpha value is -3.34. The zero-order valence-electron chi connectivity index (χ0n) is 20.1. The summed E-state index contributed by atoms with van der Waals surface area (Å²) in [5.74, 6) is 1.63. The summed E-state index contributed by atoms with van der Waals surface area (Å²) >= 11 is 0. The Labute approximate surface area is 201 Å². The smallest absolute Gasteiger partial charge is 0.256 e. The zero-order chi connectivity index (χ0) is 24.7. The zero-order valence-corrected chi connectivity index (χ0v) is 20.1. The van der Waals surface area contributed by atoms with Crippen LogP contribution in [0.1, 0.15) is 44.9 Å². The summed E-state index contributed by atoms with van der Waals surface area (Å²) in [5, 5.41) is 21.7. The van der Waals surface area contributed by atoms with Gasteiger partial charge >= 0.3 is 0 Å². The van der Waals surface area contributed by atoms with Gasteiger partial charge in [-0.15, -0.1) is 5.10 Å². The van der Waals surface area contributed by atoms with Crippen LogP contribution in [0.15, 0.2) is 24.4 Å². The van der Waals surface area contributed by atoms with Crippen LogP contribution in [0.2, 0.25) is 0 Å². The number of aryl methyl sites for hydroxylation is 1. The number of hydrogen-bond acceptors (Lipinski definition) is 7. The second-order valence-electron chi connectivity index (χ2n) is 9.25. The summed E-state index contributed by atoms with van der Waals surface area (Å²) in [6.45, 7) is 3.27. The number of nitrogens with one attached hydrogen (secondary N) is 2. The van der Waals surface area contributed by atoms with Crippen LogP contribution in [-0.4, -0.2) is 59.4 Å². The third-order valence-corrected chi connectivity index (χ3v) is 7.04. The fraction of sp³-hybridized carbons (Fsp3) is 0.500. The Kier molecular flexibility index (Phi) is 6.04. The Morgan fingerprint density at radius 3 is 2.63 bits per heavy atom. The van der Waals surface area contributed by atoms with Crippen LogP contribution in [0.4, 0.5) is 20.5 Å². The first-order valence-corrected chi connectivity index (χ1v) is 12.0. The van der Waals surface area contributed by atoms with Crippen LogP contribution in [0.3, 0.4) is 0 Å². The molecule has 4 heterocycles. The van der Waals surface area contributed by atoms with Gasteiger partial charge in [0, 0.05) is 24.8 Å². The molecular weight excluding hydrogens is 454 g/mol. The topological polar surface area (TPSA) is 105 Å². The largest absolute Gasteiger partial charge is 0.390 e. The van der Waals surface area contributed by atoms with Gasteiger partial charge in [0.2, 0.25) is 5.95 Å². The number of hydrogen-bond donors (Lipinski definition) is 3. The predicted molar refractivity (Wildman–Crippen MR) is 131 cm³/mol. The predicted octanol–water partition coefficient (Wildman–Crippen LogP) is 4.25. The quantitative estimate of drug-likeness (QED) is 0.360. The third kappa shape index (κ3) is 4.40. The summed E-state index contributed by atoms with van der Waals surface area (Å²) in [4.78, 5) is 13.7. The van der Waals surface area contributed by atoms with E-state index in [-0.39, 0.29) is 6.04 Å². The fourth-order valence-corrected chi connectivity index (χ4v) is 4.92. The molecule has 0 bridgehead atoms. The van der Waals surface area contributed by atoms with Crippen LogP contribution >= 0.6 is 0 Å². The van der Waals surface area contributed by atoms with E-state index in [1.807, 2.05) is 25.3 Å². The van der Waals surface area contributed by atoms with Gasteiger partial charge < -0.3 is 20.3 Å². The van der Waals surface area contributed by atoms with Crippen molar-refractivity contribution in [3.63, 3.8) is 0 Å². The molecule has 1 aliphatic carbocycles. The maximum absolute atomic E-state index is 13.1. The minimum atomic E-state index is -2.50. The van der Waals surface area contributed by atoms with Gasteiger partial charge in [-0.2, -0.15) is 4.98 Å². The molecule has 0 saturated heterocycles. The van der Waals surface area contributed by atoms with Crippen LogP contribution in [0.5, 0.6) is 0 Å². The first kappa shape index (κ1) is 23.4. The van der Waals surface area contributed by atoms with E-state index in [0.29, 0.717) is 34.4 Å². The van der Waals surface area contributed by atoms with Gasteiger partial charge in [0.25, 0.3) is 6.43 Å². The number of alkyl halides is 2. The van der Waals surface area contributed by atoms with Crippen LogP contribution in [0, 0.1) is 6.92 Å². The summed E-state index contributed by atoms with van der Waals surface area (Å²) in [7, 11) is 1.79. The first-order valence-electron chi connectivity index (χ1n) is 12.0. The minimum Gasteiger partial charge on any atom is -0.390 e. The average molecular weight is 485 g/mol. The lowest BCUT2D eigenvalue weighted by Gasteiger charge is -2.35. The molecule has 3 N–H and O–H groups in total. The number of halogens is 2. The van der Waals surface area contributed by atoms with Crippen molar-refractivity contribution in [2.45, 2.75) is 70.6 Å². The van der Waals surface area contributed by atoms with Gasteiger partial charge in [-0.05, 0) is 57.2 Å². The van der Waals surface area contributed by atoms with Crippen LogP contribution in [-0.2, 0) is 6.54 Å². The number of rotatable bonds is 7. The van der Waals surface area contributed by atoms with Gasteiger partial charge in [-0.3, -0.25) is 0 Å². The Morgan fingerprint density at radius 2 is 1.94 bits per heavy atom. The molecule has 0 spiro atoms. The van der Waals surface area contributed by atoms with E-state index in [9.17, 15) is 13.9 Å². The van der Waals surface area contributed by atoms with E-state index in [1.165, 1.54) is 4.57 Å². The second-order valence-corrected chi connectivity index (χ2v) is 9.25. The average Bonchev–Trinajstić information content (AvgIpc) is 3.40. The number of pyridine rings is 1. The summed E-state index contributed by atoms with van der Waals surface area (Å²) in [5.41, 5.74) is 2.60. The Balaban J connectivity index is 1.48. The molecule has 1 fully saturated rings. The second kappa shape index (κ2) is 9.03. The van der Waals surface area contributed by atoms with Crippen molar-refractivity contribution in [1.29, 1.82) is 0 Å². The lowest BCUT2D eigenvalue weighted by molar-refractivity contribution is -0.00198. The molecule has 0 unspecified atom stereocenters. The van der Waals surface area contributed by atoms with Crippen molar-refractivity contribution < 1.29 is 13.9 Å². The highest BCUT2D eigenvalue weighted by Gasteiger charge is 2.31. The standard InChI is InChI=1S/C24H30F2N8O/c1-4-24(35)10-7-15(8-11-24)29-23-31-21(27-3)20-16(9-12-34(20)32-23)17-5-6-18-22(30-17)33(13-19(25)26)14(2)28-18/h5-6,9,12,15,19,35H,4,7-8,10-11,13H2,1-3H3,(H2,27,29,31,32). The van der Waals surface area contributed by atoms with Crippen LogP contribution in [0.25, 0.3) is 27.9 Å². The molecule has 0 radical (unpaired) electrons. The molecule has 35 heavy (non-hydrogen) atoms. The number of imidazole rings is 1. The number of fused-ring (bicyclic) bond motifs is 2.